The van der Waals surface area contributed by atoms with Crippen LogP contribution in [0.3, 0.4) is 0 Å². The summed E-state index contributed by atoms with van der Waals surface area (Å²) in [6, 6.07) is 0.750. The summed E-state index contributed by atoms with van der Waals surface area (Å²) in [6.07, 6.45) is 6.58. The van der Waals surface area contributed by atoms with Crippen molar-refractivity contribution in [2.24, 2.45) is 0 Å². The zero-order valence-electron chi connectivity index (χ0n) is 7.45. The molecule has 1 aliphatic heterocycles. The van der Waals surface area contributed by atoms with Gasteiger partial charge in [0, 0.05) is 24.3 Å². The third-order valence-electron chi connectivity index (χ3n) is 2.63. The maximum Gasteiger partial charge on any atom is 0.0532 e. The van der Waals surface area contributed by atoms with Crippen LogP contribution in [0.2, 0.25) is 0 Å². The Balaban J connectivity index is 1.95. The van der Waals surface area contributed by atoms with Crippen LogP contribution in [0.4, 0.5) is 0 Å². The summed E-state index contributed by atoms with van der Waals surface area (Å²) in [5, 5.41) is 6.78. The van der Waals surface area contributed by atoms with E-state index in [1.54, 1.807) is 0 Å². The highest BCUT2D eigenvalue weighted by Crippen LogP contribution is 2.18. The maximum atomic E-state index is 3.94. The van der Waals surface area contributed by atoms with Gasteiger partial charge in [-0.3, -0.25) is 10.00 Å². The van der Waals surface area contributed by atoms with E-state index < -0.39 is 0 Å². The summed E-state index contributed by atoms with van der Waals surface area (Å²) < 4.78 is 0. The molecule has 3 heteroatoms. The molecule has 1 aliphatic rings. The Labute approximate surface area is 72.8 Å². The average Bonchev–Trinajstić information content (AvgIpc) is 2.65. The van der Waals surface area contributed by atoms with Crippen LogP contribution < -0.4 is 0 Å². The predicted octanol–water partition coefficient (Wildman–Crippen LogP) is 1.39. The van der Waals surface area contributed by atoms with Gasteiger partial charge >= 0.3 is 0 Å². The van der Waals surface area contributed by atoms with Crippen molar-refractivity contribution >= 4 is 0 Å². The molecule has 1 atom stereocenters. The molecular formula is C9H15N3. The van der Waals surface area contributed by atoms with E-state index in [4.69, 9.17) is 0 Å². The molecule has 0 radical (unpaired) electrons. The smallest absolute Gasteiger partial charge is 0.0532 e. The fourth-order valence-electron chi connectivity index (χ4n) is 1.83. The average molecular weight is 165 g/mol. The minimum Gasteiger partial charge on any atom is -0.296 e. The normalized spacial score (nSPS) is 24.9. The largest absolute Gasteiger partial charge is 0.296 e. The third kappa shape index (κ3) is 1.50. The molecule has 1 aromatic heterocycles. The molecule has 66 valence electrons. The first kappa shape index (κ1) is 7.80. The van der Waals surface area contributed by atoms with Gasteiger partial charge in [-0.1, -0.05) is 0 Å². The molecule has 1 saturated heterocycles. The molecule has 3 nitrogen and oxygen atoms in total. The van der Waals surface area contributed by atoms with Crippen molar-refractivity contribution in [2.45, 2.75) is 32.4 Å². The second kappa shape index (κ2) is 3.27. The van der Waals surface area contributed by atoms with E-state index in [9.17, 15) is 0 Å². The van der Waals surface area contributed by atoms with Gasteiger partial charge in [-0.2, -0.15) is 5.10 Å². The van der Waals surface area contributed by atoms with Crippen molar-refractivity contribution in [3.8, 4) is 0 Å². The van der Waals surface area contributed by atoms with Crippen molar-refractivity contribution in [3.05, 3.63) is 18.0 Å². The lowest BCUT2D eigenvalue weighted by Gasteiger charge is -2.19. The van der Waals surface area contributed by atoms with Gasteiger partial charge in [-0.15, -0.1) is 0 Å². The van der Waals surface area contributed by atoms with Crippen LogP contribution in [0, 0.1) is 0 Å². The molecule has 1 aromatic rings. The molecule has 2 heterocycles. The molecule has 0 bridgehead atoms. The van der Waals surface area contributed by atoms with Gasteiger partial charge in [0.1, 0.15) is 0 Å². The second-order valence-electron chi connectivity index (χ2n) is 3.57. The Kier molecular flexibility index (Phi) is 2.13. The van der Waals surface area contributed by atoms with Crippen molar-refractivity contribution in [1.29, 1.82) is 0 Å². The van der Waals surface area contributed by atoms with Crippen molar-refractivity contribution in [1.82, 2.24) is 15.1 Å². The van der Waals surface area contributed by atoms with Gasteiger partial charge in [0.2, 0.25) is 0 Å². The van der Waals surface area contributed by atoms with E-state index in [1.165, 1.54) is 24.9 Å². The van der Waals surface area contributed by atoms with E-state index in [0.29, 0.717) is 0 Å². The van der Waals surface area contributed by atoms with Crippen LogP contribution in [0.15, 0.2) is 12.4 Å². The molecule has 0 amide bonds. The summed E-state index contributed by atoms with van der Waals surface area (Å²) in [4.78, 5) is 2.50. The van der Waals surface area contributed by atoms with Crippen LogP contribution in [0.5, 0.6) is 0 Å². The molecule has 12 heavy (non-hydrogen) atoms. The fraction of sp³-hybridized carbons (Fsp3) is 0.667. The van der Waals surface area contributed by atoms with Crippen molar-refractivity contribution in [2.75, 3.05) is 6.54 Å². The lowest BCUT2D eigenvalue weighted by atomic mass is 10.2. The highest BCUT2D eigenvalue weighted by atomic mass is 15.2. The highest BCUT2D eigenvalue weighted by Gasteiger charge is 2.19. The first-order valence-electron chi connectivity index (χ1n) is 4.58. The zero-order valence-corrected chi connectivity index (χ0v) is 7.45. The minimum absolute atomic E-state index is 0.750. The molecule has 0 spiro atoms. The van der Waals surface area contributed by atoms with E-state index in [-0.39, 0.29) is 0 Å². The van der Waals surface area contributed by atoms with Gasteiger partial charge in [-0.05, 0) is 26.3 Å². The van der Waals surface area contributed by atoms with Crippen LogP contribution in [-0.2, 0) is 6.54 Å². The minimum atomic E-state index is 0.750. The Morgan fingerprint density at radius 2 is 2.67 bits per heavy atom. The van der Waals surface area contributed by atoms with E-state index >= 15 is 0 Å². The lowest BCUT2D eigenvalue weighted by molar-refractivity contribution is 0.260. The Bertz CT molecular complexity index is 230. The fourth-order valence-corrected chi connectivity index (χ4v) is 1.83. The molecule has 1 unspecified atom stereocenters. The molecular weight excluding hydrogens is 150 g/mol. The molecule has 0 aromatic carbocycles. The number of H-pyrrole nitrogens is 1. The van der Waals surface area contributed by atoms with Crippen molar-refractivity contribution < 1.29 is 0 Å². The van der Waals surface area contributed by atoms with Gasteiger partial charge < -0.3 is 0 Å². The van der Waals surface area contributed by atoms with Crippen LogP contribution >= 0.6 is 0 Å². The SMILES string of the molecule is CC1CCCN1Cc1cn[nH]c1. The number of hydrogen-bond donors (Lipinski definition) is 1. The quantitative estimate of drug-likeness (QED) is 0.718. The van der Waals surface area contributed by atoms with Crippen LogP contribution in [0.1, 0.15) is 25.3 Å². The molecule has 0 saturated carbocycles. The highest BCUT2D eigenvalue weighted by molar-refractivity contribution is 5.02. The second-order valence-corrected chi connectivity index (χ2v) is 3.57. The van der Waals surface area contributed by atoms with E-state index in [2.05, 4.69) is 22.0 Å². The van der Waals surface area contributed by atoms with E-state index in [0.717, 1.165) is 12.6 Å². The standard InChI is InChI=1S/C9H15N3/c1-8-3-2-4-12(8)7-9-5-10-11-6-9/h5-6,8H,2-4,7H2,1H3,(H,10,11). The number of hydrogen-bond acceptors (Lipinski definition) is 2. The third-order valence-corrected chi connectivity index (χ3v) is 2.63. The molecule has 1 N–H and O–H groups in total. The number of nitrogens with one attached hydrogen (secondary N) is 1. The van der Waals surface area contributed by atoms with Crippen LogP contribution in [-0.4, -0.2) is 27.7 Å². The van der Waals surface area contributed by atoms with Gasteiger partial charge in [0.05, 0.1) is 6.20 Å². The van der Waals surface area contributed by atoms with Crippen LogP contribution in [0.25, 0.3) is 0 Å². The summed E-state index contributed by atoms with van der Waals surface area (Å²) >= 11 is 0. The summed E-state index contributed by atoms with van der Waals surface area (Å²) in [5.41, 5.74) is 1.30. The monoisotopic (exact) mass is 165 g/mol. The topological polar surface area (TPSA) is 31.9 Å². The maximum absolute atomic E-state index is 3.94. The zero-order chi connectivity index (χ0) is 8.39. The summed E-state index contributed by atoms with van der Waals surface area (Å²) in [7, 11) is 0. The van der Waals surface area contributed by atoms with Gasteiger partial charge in [0.25, 0.3) is 0 Å². The predicted molar refractivity (Wildman–Crippen MR) is 47.7 cm³/mol. The number of likely N-dealkylation sites (tertiary alicyclic amines) is 1. The molecule has 0 aliphatic carbocycles. The number of nitrogens with zero attached hydrogens (tertiary/aromatic N) is 2. The summed E-state index contributed by atoms with van der Waals surface area (Å²) in [6.45, 7) is 4.59. The van der Waals surface area contributed by atoms with Gasteiger partial charge in [0.15, 0.2) is 0 Å². The Morgan fingerprint density at radius 1 is 1.75 bits per heavy atom. The molecule has 1 fully saturated rings. The number of aromatic nitrogens is 2. The number of aromatic amines is 1. The van der Waals surface area contributed by atoms with E-state index in [1.807, 2.05) is 12.4 Å². The van der Waals surface area contributed by atoms with Gasteiger partial charge in [-0.25, -0.2) is 0 Å². The number of rotatable bonds is 2. The molecule has 2 rings (SSSR count). The first-order chi connectivity index (χ1) is 5.86. The first-order valence-corrected chi connectivity index (χ1v) is 4.58. The Hall–Kier alpha value is -0.830. The summed E-state index contributed by atoms with van der Waals surface area (Å²) in [5.74, 6) is 0. The lowest BCUT2D eigenvalue weighted by Crippen LogP contribution is -2.25. The van der Waals surface area contributed by atoms with Crippen molar-refractivity contribution in [3.63, 3.8) is 0 Å². The Morgan fingerprint density at radius 3 is 3.25 bits per heavy atom.